The summed E-state index contributed by atoms with van der Waals surface area (Å²) in [6.45, 7) is 4.72. The number of benzene rings is 1. The zero-order chi connectivity index (χ0) is 19.1. The van der Waals surface area contributed by atoms with Crippen molar-refractivity contribution in [3.63, 3.8) is 0 Å². The fourth-order valence-corrected chi connectivity index (χ4v) is 4.37. The SMILES string of the molecule is CC1(C)CC2(C=C(N)C1=O)CCN(C(=O)c1ccccc1CC(F)F)C2. The summed E-state index contributed by atoms with van der Waals surface area (Å²) in [4.78, 5) is 26.9. The van der Waals surface area contributed by atoms with E-state index in [1.807, 2.05) is 13.8 Å². The van der Waals surface area contributed by atoms with Gasteiger partial charge in [0.05, 0.1) is 5.70 Å². The van der Waals surface area contributed by atoms with Gasteiger partial charge in [-0.1, -0.05) is 32.0 Å². The lowest BCUT2D eigenvalue weighted by molar-refractivity contribution is -0.125. The Morgan fingerprint density at radius 3 is 2.65 bits per heavy atom. The number of hydrogen-bond acceptors (Lipinski definition) is 3. The highest BCUT2D eigenvalue weighted by Crippen LogP contribution is 2.47. The molecule has 26 heavy (non-hydrogen) atoms. The number of Topliss-reactive ketones (excluding diaryl/α,β-unsaturated/α-hetero) is 1. The maximum atomic E-state index is 12.9. The molecule has 1 unspecified atom stereocenters. The summed E-state index contributed by atoms with van der Waals surface area (Å²) in [5.41, 5.74) is 6.00. The summed E-state index contributed by atoms with van der Waals surface area (Å²) in [6.07, 6.45) is 0.213. The Labute approximate surface area is 152 Å². The number of ketones is 1. The molecule has 2 aliphatic rings. The Kier molecular flexibility index (Phi) is 4.63. The third-order valence-electron chi connectivity index (χ3n) is 5.43. The number of rotatable bonds is 3. The molecule has 1 fully saturated rings. The molecule has 1 aromatic carbocycles. The lowest BCUT2D eigenvalue weighted by Gasteiger charge is -2.39. The van der Waals surface area contributed by atoms with E-state index >= 15 is 0 Å². The molecule has 3 rings (SSSR count). The molecule has 1 atom stereocenters. The van der Waals surface area contributed by atoms with E-state index in [2.05, 4.69) is 0 Å². The van der Waals surface area contributed by atoms with Crippen molar-refractivity contribution in [2.24, 2.45) is 16.6 Å². The van der Waals surface area contributed by atoms with Crippen molar-refractivity contribution >= 4 is 11.7 Å². The number of nitrogens with two attached hydrogens (primary N) is 1. The summed E-state index contributed by atoms with van der Waals surface area (Å²) in [7, 11) is 0. The van der Waals surface area contributed by atoms with Gasteiger partial charge in [-0.25, -0.2) is 8.78 Å². The predicted octanol–water partition coefficient (Wildman–Crippen LogP) is 3.17. The molecule has 1 aromatic rings. The fourth-order valence-electron chi connectivity index (χ4n) is 4.37. The van der Waals surface area contributed by atoms with E-state index in [4.69, 9.17) is 5.73 Å². The van der Waals surface area contributed by atoms with Crippen LogP contribution in [0.4, 0.5) is 8.78 Å². The Morgan fingerprint density at radius 1 is 1.31 bits per heavy atom. The van der Waals surface area contributed by atoms with Crippen LogP contribution in [0.1, 0.15) is 42.6 Å². The van der Waals surface area contributed by atoms with Gasteiger partial charge in [0, 0.05) is 35.9 Å². The van der Waals surface area contributed by atoms with Crippen LogP contribution in [0.5, 0.6) is 0 Å². The van der Waals surface area contributed by atoms with Crippen LogP contribution in [-0.2, 0) is 11.2 Å². The van der Waals surface area contributed by atoms with Crippen molar-refractivity contribution in [1.82, 2.24) is 4.90 Å². The van der Waals surface area contributed by atoms with E-state index in [-0.39, 0.29) is 22.8 Å². The zero-order valence-corrected chi connectivity index (χ0v) is 15.1. The first-order valence-electron chi connectivity index (χ1n) is 8.82. The first kappa shape index (κ1) is 18.5. The van der Waals surface area contributed by atoms with Crippen molar-refractivity contribution in [3.8, 4) is 0 Å². The van der Waals surface area contributed by atoms with Crippen molar-refractivity contribution < 1.29 is 18.4 Å². The molecule has 1 aliphatic heterocycles. The zero-order valence-electron chi connectivity index (χ0n) is 15.1. The number of carbonyl (C=O) groups is 2. The van der Waals surface area contributed by atoms with Crippen LogP contribution in [0.25, 0.3) is 0 Å². The van der Waals surface area contributed by atoms with Crippen LogP contribution < -0.4 is 5.73 Å². The average Bonchev–Trinajstić information content (AvgIpc) is 2.95. The van der Waals surface area contributed by atoms with Gasteiger partial charge in [-0.05, 0) is 30.5 Å². The molecular weight excluding hydrogens is 338 g/mol. The normalized spacial score (nSPS) is 25.0. The summed E-state index contributed by atoms with van der Waals surface area (Å²) < 4.78 is 25.6. The second-order valence-corrected chi connectivity index (χ2v) is 8.08. The Balaban J connectivity index is 1.84. The summed E-state index contributed by atoms with van der Waals surface area (Å²) in [5, 5.41) is 0. The smallest absolute Gasteiger partial charge is 0.254 e. The Bertz CT molecular complexity index is 773. The number of likely N-dealkylation sites (tertiary alicyclic amines) is 1. The highest BCUT2D eigenvalue weighted by Gasteiger charge is 2.48. The molecule has 6 heteroatoms. The third kappa shape index (κ3) is 3.37. The van der Waals surface area contributed by atoms with Gasteiger partial charge >= 0.3 is 0 Å². The molecule has 1 spiro atoms. The molecule has 1 heterocycles. The topological polar surface area (TPSA) is 63.4 Å². The first-order valence-corrected chi connectivity index (χ1v) is 8.82. The van der Waals surface area contributed by atoms with Crippen molar-refractivity contribution in [1.29, 1.82) is 0 Å². The molecule has 0 aromatic heterocycles. The molecule has 0 saturated carbocycles. The summed E-state index contributed by atoms with van der Waals surface area (Å²) in [6, 6.07) is 6.53. The minimum Gasteiger partial charge on any atom is -0.396 e. The van der Waals surface area contributed by atoms with Crippen LogP contribution in [-0.4, -0.2) is 36.1 Å². The first-order chi connectivity index (χ1) is 12.1. The monoisotopic (exact) mass is 362 g/mol. The highest BCUT2D eigenvalue weighted by atomic mass is 19.3. The molecule has 4 nitrogen and oxygen atoms in total. The minimum absolute atomic E-state index is 0.0600. The van der Waals surface area contributed by atoms with Crippen molar-refractivity contribution in [3.05, 3.63) is 47.2 Å². The maximum absolute atomic E-state index is 12.9. The van der Waals surface area contributed by atoms with E-state index in [9.17, 15) is 18.4 Å². The number of halogens is 2. The Hall–Kier alpha value is -2.24. The van der Waals surface area contributed by atoms with Crippen LogP contribution in [0.15, 0.2) is 36.0 Å². The average molecular weight is 362 g/mol. The van der Waals surface area contributed by atoms with Crippen LogP contribution in [0.3, 0.4) is 0 Å². The van der Waals surface area contributed by atoms with Gasteiger partial charge in [0.15, 0.2) is 5.78 Å². The Morgan fingerprint density at radius 2 is 2.00 bits per heavy atom. The quantitative estimate of drug-likeness (QED) is 0.898. The van der Waals surface area contributed by atoms with Crippen LogP contribution in [0, 0.1) is 10.8 Å². The standard InChI is InChI=1S/C20H24F2N2O2/c1-19(2)11-20(10-15(23)17(19)25)7-8-24(12-20)18(26)14-6-4-3-5-13(14)9-16(21)22/h3-6,10,16H,7-9,11-12,23H2,1-2H3. The van der Waals surface area contributed by atoms with Gasteiger partial charge in [-0.15, -0.1) is 0 Å². The van der Waals surface area contributed by atoms with Crippen LogP contribution in [0.2, 0.25) is 0 Å². The fraction of sp³-hybridized carbons (Fsp3) is 0.500. The third-order valence-corrected chi connectivity index (χ3v) is 5.43. The van der Waals surface area contributed by atoms with Gasteiger partial charge in [-0.3, -0.25) is 9.59 Å². The van der Waals surface area contributed by atoms with Gasteiger partial charge in [0.1, 0.15) is 0 Å². The lowest BCUT2D eigenvalue weighted by atomic mass is 9.65. The molecule has 1 amide bonds. The molecule has 0 radical (unpaired) electrons. The van der Waals surface area contributed by atoms with E-state index in [0.717, 1.165) is 0 Å². The predicted molar refractivity (Wildman–Crippen MR) is 94.8 cm³/mol. The number of carbonyl (C=O) groups excluding carboxylic acids is 2. The van der Waals surface area contributed by atoms with E-state index in [1.54, 1.807) is 35.2 Å². The molecule has 1 saturated heterocycles. The lowest BCUT2D eigenvalue weighted by Crippen LogP contribution is -2.42. The second-order valence-electron chi connectivity index (χ2n) is 8.08. The second kappa shape index (κ2) is 6.49. The molecule has 0 bridgehead atoms. The summed E-state index contributed by atoms with van der Waals surface area (Å²) in [5.74, 6) is -0.296. The molecule has 2 N–H and O–H groups in total. The van der Waals surface area contributed by atoms with E-state index in [0.29, 0.717) is 37.1 Å². The maximum Gasteiger partial charge on any atom is 0.254 e. The van der Waals surface area contributed by atoms with Crippen molar-refractivity contribution in [2.45, 2.75) is 39.5 Å². The minimum atomic E-state index is -2.50. The molecular formula is C20H24F2N2O2. The summed E-state index contributed by atoms with van der Waals surface area (Å²) >= 11 is 0. The molecule has 1 aliphatic carbocycles. The van der Waals surface area contributed by atoms with Gasteiger partial charge in [0.2, 0.25) is 6.43 Å². The highest BCUT2D eigenvalue weighted by molar-refractivity contribution is 6.00. The van der Waals surface area contributed by atoms with Gasteiger partial charge in [-0.2, -0.15) is 0 Å². The largest absolute Gasteiger partial charge is 0.396 e. The van der Waals surface area contributed by atoms with E-state index < -0.39 is 18.3 Å². The van der Waals surface area contributed by atoms with Gasteiger partial charge in [0.25, 0.3) is 5.91 Å². The van der Waals surface area contributed by atoms with Gasteiger partial charge < -0.3 is 10.6 Å². The van der Waals surface area contributed by atoms with Crippen LogP contribution >= 0.6 is 0 Å². The number of alkyl halides is 2. The van der Waals surface area contributed by atoms with Crippen molar-refractivity contribution in [2.75, 3.05) is 13.1 Å². The number of nitrogens with zero attached hydrogens (tertiary/aromatic N) is 1. The molecule has 140 valence electrons. The number of amides is 1. The van der Waals surface area contributed by atoms with E-state index in [1.165, 1.54) is 0 Å². The number of allylic oxidation sites excluding steroid dienone is 1. The number of hydrogen-bond donors (Lipinski definition) is 1.